The molecule has 18 heavy (non-hydrogen) atoms. The molecule has 0 atom stereocenters. The molecule has 1 aromatic rings. The first-order valence-corrected chi connectivity index (χ1v) is 5.85. The third-order valence-corrected chi connectivity index (χ3v) is 3.22. The Morgan fingerprint density at radius 1 is 1.33 bits per heavy atom. The summed E-state index contributed by atoms with van der Waals surface area (Å²) in [5.41, 5.74) is 2.79. The lowest BCUT2D eigenvalue weighted by Crippen LogP contribution is -2.48. The second-order valence-electron chi connectivity index (χ2n) is 4.37. The van der Waals surface area contributed by atoms with Gasteiger partial charge in [0, 0.05) is 31.9 Å². The molecule has 1 N–H and O–H groups in total. The predicted octanol–water partition coefficient (Wildman–Crippen LogP) is 1.67. The highest BCUT2D eigenvalue weighted by molar-refractivity contribution is 5.66. The second-order valence-corrected chi connectivity index (χ2v) is 4.37. The number of aryl methyl sites for hydroxylation is 1. The molecule has 1 aromatic carbocycles. The molecule has 1 aliphatic rings. The monoisotopic (exact) mass is 245 g/mol. The fraction of sp³-hybridized carbons (Fsp3) is 0.385. The Kier molecular flexibility index (Phi) is 3.38. The van der Waals surface area contributed by atoms with Crippen LogP contribution < -0.4 is 4.90 Å². The first-order valence-electron chi connectivity index (χ1n) is 5.85. The molecule has 1 fully saturated rings. The Morgan fingerprint density at radius 2 is 2.00 bits per heavy atom. The van der Waals surface area contributed by atoms with Crippen LogP contribution in [-0.2, 0) is 0 Å². The third kappa shape index (κ3) is 2.38. The zero-order valence-corrected chi connectivity index (χ0v) is 10.3. The van der Waals surface area contributed by atoms with Crippen LogP contribution in [0, 0.1) is 18.3 Å². The number of hydrogen-bond donors (Lipinski definition) is 1. The van der Waals surface area contributed by atoms with E-state index in [4.69, 9.17) is 10.4 Å². The molecule has 1 amide bonds. The van der Waals surface area contributed by atoms with Gasteiger partial charge >= 0.3 is 6.09 Å². The average molecular weight is 245 g/mol. The zero-order chi connectivity index (χ0) is 13.1. The van der Waals surface area contributed by atoms with E-state index in [0.717, 1.165) is 11.3 Å². The van der Waals surface area contributed by atoms with Crippen molar-refractivity contribution in [3.8, 4) is 6.07 Å². The molecular weight excluding hydrogens is 230 g/mol. The smallest absolute Gasteiger partial charge is 0.407 e. The van der Waals surface area contributed by atoms with Crippen LogP contribution in [0.15, 0.2) is 18.2 Å². The lowest BCUT2D eigenvalue weighted by Gasteiger charge is -2.35. The van der Waals surface area contributed by atoms with Gasteiger partial charge in [0.25, 0.3) is 0 Å². The number of hydrogen-bond acceptors (Lipinski definition) is 3. The maximum Gasteiger partial charge on any atom is 0.407 e. The Morgan fingerprint density at radius 3 is 2.50 bits per heavy atom. The number of amides is 1. The van der Waals surface area contributed by atoms with Gasteiger partial charge in [0.1, 0.15) is 0 Å². The third-order valence-electron chi connectivity index (χ3n) is 3.22. The van der Waals surface area contributed by atoms with Gasteiger partial charge in [0.2, 0.25) is 0 Å². The van der Waals surface area contributed by atoms with Gasteiger partial charge in [0.05, 0.1) is 11.6 Å². The normalized spacial score (nSPS) is 15.3. The van der Waals surface area contributed by atoms with Crippen molar-refractivity contribution in [2.45, 2.75) is 6.92 Å². The van der Waals surface area contributed by atoms with E-state index >= 15 is 0 Å². The van der Waals surface area contributed by atoms with E-state index in [1.807, 2.05) is 19.1 Å². The van der Waals surface area contributed by atoms with Crippen molar-refractivity contribution in [1.82, 2.24) is 4.90 Å². The summed E-state index contributed by atoms with van der Waals surface area (Å²) in [7, 11) is 0. The van der Waals surface area contributed by atoms with Crippen LogP contribution in [0.1, 0.15) is 11.1 Å². The number of piperazine rings is 1. The van der Waals surface area contributed by atoms with Crippen LogP contribution >= 0.6 is 0 Å². The van der Waals surface area contributed by atoms with Crippen molar-refractivity contribution in [2.75, 3.05) is 31.1 Å². The van der Waals surface area contributed by atoms with E-state index in [-0.39, 0.29) is 0 Å². The molecule has 2 rings (SSSR count). The highest BCUT2D eigenvalue weighted by atomic mass is 16.4. The first kappa shape index (κ1) is 12.2. The number of carbonyl (C=O) groups is 1. The second kappa shape index (κ2) is 4.96. The van der Waals surface area contributed by atoms with Gasteiger partial charge in [0.15, 0.2) is 0 Å². The molecule has 1 aliphatic heterocycles. The highest BCUT2D eigenvalue weighted by Gasteiger charge is 2.21. The largest absolute Gasteiger partial charge is 0.465 e. The molecule has 0 aromatic heterocycles. The SMILES string of the molecule is Cc1cc(C#N)ccc1N1CCN(C(=O)O)CC1. The fourth-order valence-electron chi connectivity index (χ4n) is 2.22. The summed E-state index contributed by atoms with van der Waals surface area (Å²) in [6.45, 7) is 4.40. The number of nitrogens with zero attached hydrogens (tertiary/aromatic N) is 3. The molecule has 0 bridgehead atoms. The summed E-state index contributed by atoms with van der Waals surface area (Å²) in [5, 5.41) is 17.7. The average Bonchev–Trinajstić information content (AvgIpc) is 2.38. The Labute approximate surface area is 106 Å². The van der Waals surface area contributed by atoms with Crippen LogP contribution in [0.25, 0.3) is 0 Å². The first-order chi connectivity index (χ1) is 8.61. The molecule has 0 spiro atoms. The molecule has 5 heteroatoms. The van der Waals surface area contributed by atoms with Gasteiger partial charge in [-0.2, -0.15) is 5.26 Å². The summed E-state index contributed by atoms with van der Waals surface area (Å²) in [6.07, 6.45) is -0.855. The van der Waals surface area contributed by atoms with E-state index in [0.29, 0.717) is 31.7 Å². The van der Waals surface area contributed by atoms with E-state index in [1.54, 1.807) is 6.07 Å². The van der Waals surface area contributed by atoms with Gasteiger partial charge in [-0.3, -0.25) is 0 Å². The van der Waals surface area contributed by atoms with Crippen molar-refractivity contribution in [3.63, 3.8) is 0 Å². The van der Waals surface area contributed by atoms with E-state index in [1.165, 1.54) is 4.90 Å². The number of benzene rings is 1. The summed E-state index contributed by atoms with van der Waals surface area (Å²) >= 11 is 0. The maximum absolute atomic E-state index is 10.8. The number of carboxylic acid groups (broad SMARTS) is 1. The van der Waals surface area contributed by atoms with Gasteiger partial charge in [-0.1, -0.05) is 0 Å². The van der Waals surface area contributed by atoms with Crippen molar-refractivity contribution in [1.29, 1.82) is 5.26 Å². The molecular formula is C13H15N3O2. The predicted molar refractivity (Wildman–Crippen MR) is 67.7 cm³/mol. The Balaban J connectivity index is 2.10. The quantitative estimate of drug-likeness (QED) is 0.817. The lowest BCUT2D eigenvalue weighted by atomic mass is 10.1. The van der Waals surface area contributed by atoms with Gasteiger partial charge in [-0.15, -0.1) is 0 Å². The van der Waals surface area contributed by atoms with E-state index in [9.17, 15) is 4.79 Å². The van der Waals surface area contributed by atoms with Gasteiger partial charge < -0.3 is 14.9 Å². The molecule has 0 saturated carbocycles. The van der Waals surface area contributed by atoms with Crippen molar-refractivity contribution < 1.29 is 9.90 Å². The minimum Gasteiger partial charge on any atom is -0.465 e. The number of anilines is 1. The van der Waals surface area contributed by atoms with Gasteiger partial charge in [-0.25, -0.2) is 4.79 Å². The standard InChI is InChI=1S/C13H15N3O2/c1-10-8-11(9-14)2-3-12(10)15-4-6-16(7-5-15)13(17)18/h2-3,8H,4-7H2,1H3,(H,17,18). The van der Waals surface area contributed by atoms with Crippen LogP contribution in [0.3, 0.4) is 0 Å². The molecule has 94 valence electrons. The fourth-order valence-corrected chi connectivity index (χ4v) is 2.22. The number of nitriles is 1. The van der Waals surface area contributed by atoms with Crippen LogP contribution in [-0.4, -0.2) is 42.3 Å². The molecule has 1 heterocycles. The van der Waals surface area contributed by atoms with Crippen molar-refractivity contribution in [3.05, 3.63) is 29.3 Å². The topological polar surface area (TPSA) is 67.6 Å². The molecule has 0 aliphatic carbocycles. The van der Waals surface area contributed by atoms with Crippen LogP contribution in [0.5, 0.6) is 0 Å². The minimum atomic E-state index is -0.855. The Bertz CT molecular complexity index is 499. The summed E-state index contributed by atoms with van der Waals surface area (Å²) in [5.74, 6) is 0. The zero-order valence-electron chi connectivity index (χ0n) is 10.3. The van der Waals surface area contributed by atoms with Crippen molar-refractivity contribution in [2.24, 2.45) is 0 Å². The van der Waals surface area contributed by atoms with Crippen LogP contribution in [0.4, 0.5) is 10.5 Å². The maximum atomic E-state index is 10.8. The summed E-state index contributed by atoms with van der Waals surface area (Å²) < 4.78 is 0. The molecule has 5 nitrogen and oxygen atoms in total. The lowest BCUT2D eigenvalue weighted by molar-refractivity contribution is 0.142. The molecule has 0 radical (unpaired) electrons. The highest BCUT2D eigenvalue weighted by Crippen LogP contribution is 2.22. The van der Waals surface area contributed by atoms with Gasteiger partial charge in [-0.05, 0) is 30.7 Å². The van der Waals surface area contributed by atoms with E-state index < -0.39 is 6.09 Å². The van der Waals surface area contributed by atoms with Crippen LogP contribution in [0.2, 0.25) is 0 Å². The minimum absolute atomic E-state index is 0.523. The number of rotatable bonds is 1. The molecule has 1 saturated heterocycles. The van der Waals surface area contributed by atoms with E-state index in [2.05, 4.69) is 11.0 Å². The summed E-state index contributed by atoms with van der Waals surface area (Å²) in [6, 6.07) is 7.71. The summed E-state index contributed by atoms with van der Waals surface area (Å²) in [4.78, 5) is 14.4. The molecule has 0 unspecified atom stereocenters. The van der Waals surface area contributed by atoms with Crippen molar-refractivity contribution >= 4 is 11.8 Å². The Hall–Kier alpha value is -2.22.